The largest absolute Gasteiger partial charge is 0.469 e. The minimum absolute atomic E-state index is 0.0614. The highest BCUT2D eigenvalue weighted by Gasteiger charge is 2.06. The summed E-state index contributed by atoms with van der Waals surface area (Å²) in [4.78, 5) is 11.2. The highest BCUT2D eigenvalue weighted by molar-refractivity contribution is 5.93. The molecule has 0 saturated carbocycles. The first kappa shape index (κ1) is 8.84. The lowest BCUT2D eigenvalue weighted by molar-refractivity contribution is 0.0953. The molecule has 0 aliphatic heterocycles. The smallest absolute Gasteiger partial charge is 0.254 e. The van der Waals surface area contributed by atoms with E-state index < -0.39 is 0 Å². The van der Waals surface area contributed by atoms with E-state index in [1.54, 1.807) is 6.07 Å². The maximum absolute atomic E-state index is 11.2. The first-order chi connectivity index (χ1) is 5.74. The van der Waals surface area contributed by atoms with Crippen LogP contribution in [0.4, 0.5) is 0 Å². The lowest BCUT2D eigenvalue weighted by Gasteiger charge is -1.98. The molecular formula is C9H13NO2. The monoisotopic (exact) mass is 167 g/mol. The van der Waals surface area contributed by atoms with Crippen LogP contribution in [0.2, 0.25) is 0 Å². The molecule has 0 unspecified atom stereocenters. The Balaban J connectivity index is 2.53. The number of nitrogens with one attached hydrogen (secondary N) is 1. The van der Waals surface area contributed by atoms with Crippen LogP contribution in [0.1, 0.15) is 29.5 Å². The number of furan rings is 1. The van der Waals surface area contributed by atoms with E-state index in [4.69, 9.17) is 4.42 Å². The molecule has 1 rings (SSSR count). The molecule has 12 heavy (non-hydrogen) atoms. The molecule has 3 heteroatoms. The van der Waals surface area contributed by atoms with Crippen LogP contribution in [-0.2, 0) is 0 Å². The van der Waals surface area contributed by atoms with Gasteiger partial charge in [0.2, 0.25) is 0 Å². The summed E-state index contributed by atoms with van der Waals surface area (Å²) in [7, 11) is 0. The highest BCUT2D eigenvalue weighted by Crippen LogP contribution is 2.05. The molecule has 1 aromatic heterocycles. The molecular weight excluding hydrogens is 154 g/mol. The lowest BCUT2D eigenvalue weighted by atomic mass is 10.3. The fraction of sp³-hybridized carbons (Fsp3) is 0.444. The van der Waals surface area contributed by atoms with Crippen molar-refractivity contribution in [3.8, 4) is 0 Å². The Kier molecular flexibility index (Phi) is 2.91. The third kappa shape index (κ3) is 2.12. The van der Waals surface area contributed by atoms with Gasteiger partial charge in [0.1, 0.15) is 12.0 Å². The van der Waals surface area contributed by atoms with Gasteiger partial charge >= 0.3 is 0 Å². The molecule has 0 aliphatic carbocycles. The van der Waals surface area contributed by atoms with E-state index in [-0.39, 0.29) is 5.91 Å². The predicted molar refractivity (Wildman–Crippen MR) is 46.1 cm³/mol. The second-order valence-corrected chi connectivity index (χ2v) is 2.70. The van der Waals surface area contributed by atoms with Crippen molar-refractivity contribution in [2.75, 3.05) is 6.54 Å². The van der Waals surface area contributed by atoms with Crippen molar-refractivity contribution in [2.24, 2.45) is 0 Å². The van der Waals surface area contributed by atoms with Gasteiger partial charge in [-0.25, -0.2) is 0 Å². The van der Waals surface area contributed by atoms with Gasteiger partial charge in [0.05, 0.1) is 5.56 Å². The molecule has 0 aliphatic rings. The molecule has 0 spiro atoms. The number of amides is 1. The third-order valence-electron chi connectivity index (χ3n) is 1.53. The molecule has 1 heterocycles. The zero-order chi connectivity index (χ0) is 8.97. The predicted octanol–water partition coefficient (Wildman–Crippen LogP) is 1.73. The normalized spacial score (nSPS) is 9.83. The van der Waals surface area contributed by atoms with Crippen LogP contribution < -0.4 is 5.32 Å². The summed E-state index contributed by atoms with van der Waals surface area (Å²) in [6, 6.07) is 1.73. The molecule has 0 radical (unpaired) electrons. The van der Waals surface area contributed by atoms with Crippen LogP contribution in [0.3, 0.4) is 0 Å². The van der Waals surface area contributed by atoms with Crippen molar-refractivity contribution in [1.82, 2.24) is 5.32 Å². The second-order valence-electron chi connectivity index (χ2n) is 2.70. The molecule has 1 amide bonds. The van der Waals surface area contributed by atoms with E-state index in [1.165, 1.54) is 6.26 Å². The summed E-state index contributed by atoms with van der Waals surface area (Å²) in [5, 5.41) is 2.76. The van der Waals surface area contributed by atoms with Crippen LogP contribution >= 0.6 is 0 Å². The lowest BCUT2D eigenvalue weighted by Crippen LogP contribution is -2.23. The van der Waals surface area contributed by atoms with Gasteiger partial charge in [0, 0.05) is 6.54 Å². The first-order valence-electron chi connectivity index (χ1n) is 4.07. The average molecular weight is 167 g/mol. The summed E-state index contributed by atoms with van der Waals surface area (Å²) in [6.07, 6.45) is 2.42. The first-order valence-corrected chi connectivity index (χ1v) is 4.07. The van der Waals surface area contributed by atoms with E-state index in [0.29, 0.717) is 12.1 Å². The molecule has 1 N–H and O–H groups in total. The molecule has 0 bridgehead atoms. The minimum Gasteiger partial charge on any atom is -0.469 e. The zero-order valence-corrected chi connectivity index (χ0v) is 7.39. The summed E-state index contributed by atoms with van der Waals surface area (Å²) in [6.45, 7) is 4.54. The van der Waals surface area contributed by atoms with Crippen molar-refractivity contribution in [1.29, 1.82) is 0 Å². The van der Waals surface area contributed by atoms with Gasteiger partial charge in [-0.05, 0) is 19.4 Å². The van der Waals surface area contributed by atoms with Crippen LogP contribution in [0, 0.1) is 6.92 Å². The number of carbonyl (C=O) groups excluding carboxylic acids is 1. The van der Waals surface area contributed by atoms with E-state index in [0.717, 1.165) is 12.2 Å². The van der Waals surface area contributed by atoms with Crippen molar-refractivity contribution in [2.45, 2.75) is 20.3 Å². The zero-order valence-electron chi connectivity index (χ0n) is 7.39. The number of hydrogen-bond donors (Lipinski definition) is 1. The Labute approximate surface area is 71.8 Å². The Hall–Kier alpha value is -1.25. The fourth-order valence-electron chi connectivity index (χ4n) is 0.903. The molecule has 3 nitrogen and oxygen atoms in total. The van der Waals surface area contributed by atoms with Crippen LogP contribution in [0.25, 0.3) is 0 Å². The van der Waals surface area contributed by atoms with Crippen molar-refractivity contribution < 1.29 is 9.21 Å². The molecule has 0 saturated heterocycles. The summed E-state index contributed by atoms with van der Waals surface area (Å²) in [5.74, 6) is 0.699. The number of hydrogen-bond acceptors (Lipinski definition) is 2. The Morgan fingerprint density at radius 3 is 2.92 bits per heavy atom. The van der Waals surface area contributed by atoms with Gasteiger partial charge in [0.25, 0.3) is 5.91 Å². The van der Waals surface area contributed by atoms with E-state index in [9.17, 15) is 4.79 Å². The van der Waals surface area contributed by atoms with Crippen molar-refractivity contribution in [3.05, 3.63) is 23.7 Å². The highest BCUT2D eigenvalue weighted by atomic mass is 16.3. The Morgan fingerprint density at radius 2 is 2.42 bits per heavy atom. The topological polar surface area (TPSA) is 42.2 Å². The maximum atomic E-state index is 11.2. The van der Waals surface area contributed by atoms with Gasteiger partial charge in [0.15, 0.2) is 0 Å². The summed E-state index contributed by atoms with van der Waals surface area (Å²) in [5.41, 5.74) is 0.598. The van der Waals surface area contributed by atoms with Gasteiger partial charge in [-0.1, -0.05) is 6.92 Å². The van der Waals surface area contributed by atoms with Gasteiger partial charge in [-0.2, -0.15) is 0 Å². The summed E-state index contributed by atoms with van der Waals surface area (Å²) < 4.78 is 5.00. The molecule has 0 aromatic carbocycles. The number of aryl methyl sites for hydroxylation is 1. The number of rotatable bonds is 3. The van der Waals surface area contributed by atoms with Gasteiger partial charge in [-0.15, -0.1) is 0 Å². The number of carbonyl (C=O) groups is 1. The standard InChI is InChI=1S/C9H13NO2/c1-3-4-10-9(11)8-5-7(2)12-6-8/h5-6H,3-4H2,1-2H3,(H,10,11). The fourth-order valence-corrected chi connectivity index (χ4v) is 0.903. The third-order valence-corrected chi connectivity index (χ3v) is 1.53. The van der Waals surface area contributed by atoms with Crippen LogP contribution in [0.15, 0.2) is 16.7 Å². The van der Waals surface area contributed by atoms with E-state index in [1.807, 2.05) is 13.8 Å². The van der Waals surface area contributed by atoms with Crippen LogP contribution in [-0.4, -0.2) is 12.5 Å². The maximum Gasteiger partial charge on any atom is 0.254 e. The Morgan fingerprint density at radius 1 is 1.67 bits per heavy atom. The minimum atomic E-state index is -0.0614. The van der Waals surface area contributed by atoms with Gasteiger partial charge in [-0.3, -0.25) is 4.79 Å². The summed E-state index contributed by atoms with van der Waals surface area (Å²) >= 11 is 0. The molecule has 66 valence electrons. The molecule has 1 aromatic rings. The SMILES string of the molecule is CCCNC(=O)c1coc(C)c1. The van der Waals surface area contributed by atoms with Gasteiger partial charge < -0.3 is 9.73 Å². The average Bonchev–Trinajstić information content (AvgIpc) is 2.47. The molecule has 0 atom stereocenters. The van der Waals surface area contributed by atoms with Crippen LogP contribution in [0.5, 0.6) is 0 Å². The Bertz CT molecular complexity index is 265. The molecule has 0 fully saturated rings. The quantitative estimate of drug-likeness (QED) is 0.744. The second kappa shape index (κ2) is 3.95. The van der Waals surface area contributed by atoms with Crippen molar-refractivity contribution >= 4 is 5.91 Å². The van der Waals surface area contributed by atoms with Crippen molar-refractivity contribution in [3.63, 3.8) is 0 Å². The van der Waals surface area contributed by atoms with E-state index >= 15 is 0 Å². The van der Waals surface area contributed by atoms with E-state index in [2.05, 4.69) is 5.32 Å².